The summed E-state index contributed by atoms with van der Waals surface area (Å²) in [5, 5.41) is 8.99. The van der Waals surface area contributed by atoms with Crippen LogP contribution in [0.3, 0.4) is 0 Å². The van der Waals surface area contributed by atoms with Gasteiger partial charge in [-0.05, 0) is 23.8 Å². The quantitative estimate of drug-likeness (QED) is 0.782. The summed E-state index contributed by atoms with van der Waals surface area (Å²) >= 11 is 0. The number of carbonyl (C=O) groups excluding carboxylic acids is 1. The maximum atomic E-state index is 13.1. The topological polar surface area (TPSA) is 57.6 Å². The molecule has 5 heteroatoms. The van der Waals surface area contributed by atoms with Crippen molar-refractivity contribution in [2.45, 2.75) is 12.3 Å². The van der Waals surface area contributed by atoms with E-state index in [1.807, 2.05) is 0 Å². The first-order chi connectivity index (χ1) is 7.50. The predicted octanol–water partition coefficient (Wildman–Crippen LogP) is 1.36. The van der Waals surface area contributed by atoms with E-state index in [9.17, 15) is 14.0 Å². The molecule has 0 bridgehead atoms. The van der Waals surface area contributed by atoms with E-state index in [0.717, 1.165) is 0 Å². The van der Waals surface area contributed by atoms with Crippen molar-refractivity contribution in [3.05, 3.63) is 29.6 Å². The van der Waals surface area contributed by atoms with Gasteiger partial charge in [-0.25, -0.2) is 4.39 Å². The number of carboxylic acids is 1. The molecule has 1 N–H and O–H groups in total. The third kappa shape index (κ3) is 1.54. The first-order valence-electron chi connectivity index (χ1n) is 4.79. The van der Waals surface area contributed by atoms with Crippen molar-refractivity contribution in [2.24, 2.45) is 0 Å². The molecule has 1 aromatic rings. The summed E-state index contributed by atoms with van der Waals surface area (Å²) < 4.78 is 13.1. The molecule has 4 nitrogen and oxygen atoms in total. The average Bonchev–Trinajstić information content (AvgIpc) is 2.22. The van der Waals surface area contributed by atoms with E-state index in [4.69, 9.17) is 5.11 Å². The number of benzene rings is 1. The summed E-state index contributed by atoms with van der Waals surface area (Å²) in [6.07, 6.45) is -0.123. The molecule has 1 aliphatic heterocycles. The second-order valence-corrected chi connectivity index (χ2v) is 3.75. The van der Waals surface area contributed by atoms with Crippen LogP contribution in [-0.2, 0) is 9.59 Å². The van der Waals surface area contributed by atoms with Crippen molar-refractivity contribution < 1.29 is 19.1 Å². The zero-order valence-corrected chi connectivity index (χ0v) is 8.61. The lowest BCUT2D eigenvalue weighted by molar-refractivity contribution is -0.140. The molecule has 0 spiro atoms. The molecule has 1 aliphatic rings. The molecule has 84 valence electrons. The number of anilines is 1. The monoisotopic (exact) mass is 223 g/mol. The fourth-order valence-corrected chi connectivity index (χ4v) is 1.89. The minimum Gasteiger partial charge on any atom is -0.481 e. The molecule has 1 atom stereocenters. The highest BCUT2D eigenvalue weighted by Gasteiger charge is 2.33. The molecule has 16 heavy (non-hydrogen) atoms. The standard InChI is InChI=1S/C11H10FNO3/c1-13-9-3-2-6(12)4-7(9)8(11(15)16)5-10(13)14/h2-4,8H,5H2,1H3,(H,15,16)/t8-/m0/s1. The Kier molecular flexibility index (Phi) is 2.38. The summed E-state index contributed by atoms with van der Waals surface area (Å²) in [6, 6.07) is 3.82. The van der Waals surface area contributed by atoms with Gasteiger partial charge in [0.25, 0.3) is 0 Å². The zero-order chi connectivity index (χ0) is 11.9. The van der Waals surface area contributed by atoms with E-state index in [0.29, 0.717) is 11.3 Å². The van der Waals surface area contributed by atoms with Crippen LogP contribution in [0.15, 0.2) is 18.2 Å². The van der Waals surface area contributed by atoms with Crippen molar-refractivity contribution >= 4 is 17.6 Å². The summed E-state index contributed by atoms with van der Waals surface area (Å²) in [4.78, 5) is 23.9. The number of nitrogens with zero attached hydrogens (tertiary/aromatic N) is 1. The molecule has 0 fully saturated rings. The number of fused-ring (bicyclic) bond motifs is 1. The largest absolute Gasteiger partial charge is 0.481 e. The lowest BCUT2D eigenvalue weighted by atomic mass is 9.90. The van der Waals surface area contributed by atoms with Crippen molar-refractivity contribution in [3.63, 3.8) is 0 Å². The van der Waals surface area contributed by atoms with E-state index in [1.165, 1.54) is 23.1 Å². The SMILES string of the molecule is CN1C(=O)C[C@H](C(=O)O)c2cc(F)ccc21. The van der Waals surface area contributed by atoms with Gasteiger partial charge >= 0.3 is 5.97 Å². The molecule has 1 amide bonds. The number of halogens is 1. The van der Waals surface area contributed by atoms with Gasteiger partial charge in [0, 0.05) is 19.2 Å². The van der Waals surface area contributed by atoms with Gasteiger partial charge in [0.05, 0.1) is 5.92 Å². The highest BCUT2D eigenvalue weighted by Crippen LogP contribution is 2.35. The van der Waals surface area contributed by atoms with E-state index in [1.54, 1.807) is 7.05 Å². The molecular formula is C11H10FNO3. The summed E-state index contributed by atoms with van der Waals surface area (Å²) in [5.41, 5.74) is 0.819. The number of amides is 1. The van der Waals surface area contributed by atoms with Crippen LogP contribution < -0.4 is 4.90 Å². The van der Waals surface area contributed by atoms with Crippen LogP contribution in [0.25, 0.3) is 0 Å². The maximum absolute atomic E-state index is 13.1. The van der Waals surface area contributed by atoms with E-state index in [2.05, 4.69) is 0 Å². The Morgan fingerprint density at radius 1 is 1.56 bits per heavy atom. The maximum Gasteiger partial charge on any atom is 0.311 e. The number of aliphatic carboxylic acids is 1. The van der Waals surface area contributed by atoms with Gasteiger partial charge in [0.15, 0.2) is 0 Å². The Bertz CT molecular complexity index is 472. The second kappa shape index (κ2) is 3.59. The number of rotatable bonds is 1. The van der Waals surface area contributed by atoms with E-state index >= 15 is 0 Å². The Labute approximate surface area is 91.3 Å². The van der Waals surface area contributed by atoms with Crippen LogP contribution in [0.5, 0.6) is 0 Å². The number of carboxylic acid groups (broad SMARTS) is 1. The number of carbonyl (C=O) groups is 2. The molecule has 0 aromatic heterocycles. The van der Waals surface area contributed by atoms with Gasteiger partial charge < -0.3 is 10.0 Å². The van der Waals surface area contributed by atoms with E-state index < -0.39 is 17.7 Å². The molecule has 1 heterocycles. The molecule has 0 saturated heterocycles. The molecular weight excluding hydrogens is 213 g/mol. The van der Waals surface area contributed by atoms with Gasteiger partial charge in [-0.2, -0.15) is 0 Å². The normalized spacial score (nSPS) is 19.5. The van der Waals surface area contributed by atoms with Gasteiger partial charge in [-0.3, -0.25) is 9.59 Å². The minimum atomic E-state index is -1.10. The minimum absolute atomic E-state index is 0.123. The predicted molar refractivity (Wildman–Crippen MR) is 54.8 cm³/mol. The fourth-order valence-electron chi connectivity index (χ4n) is 1.89. The van der Waals surface area contributed by atoms with Gasteiger partial charge in [-0.15, -0.1) is 0 Å². The van der Waals surface area contributed by atoms with Crippen molar-refractivity contribution in [3.8, 4) is 0 Å². The van der Waals surface area contributed by atoms with E-state index in [-0.39, 0.29) is 12.3 Å². The summed E-state index contributed by atoms with van der Waals surface area (Å²) in [5.74, 6) is -2.82. The lowest BCUT2D eigenvalue weighted by Gasteiger charge is -2.29. The van der Waals surface area contributed by atoms with Crippen molar-refractivity contribution in [2.75, 3.05) is 11.9 Å². The molecule has 0 radical (unpaired) electrons. The van der Waals surface area contributed by atoms with Crippen LogP contribution in [0.2, 0.25) is 0 Å². The van der Waals surface area contributed by atoms with Crippen LogP contribution in [-0.4, -0.2) is 24.0 Å². The fraction of sp³-hybridized carbons (Fsp3) is 0.273. The summed E-state index contributed by atoms with van der Waals surface area (Å²) in [6.45, 7) is 0. The van der Waals surface area contributed by atoms with Crippen LogP contribution in [0.4, 0.5) is 10.1 Å². The molecule has 0 unspecified atom stereocenters. The number of hydrogen-bond donors (Lipinski definition) is 1. The third-order valence-corrected chi connectivity index (χ3v) is 2.78. The molecule has 0 aliphatic carbocycles. The Morgan fingerprint density at radius 2 is 2.25 bits per heavy atom. The van der Waals surface area contributed by atoms with Gasteiger partial charge in [-0.1, -0.05) is 0 Å². The number of hydrogen-bond acceptors (Lipinski definition) is 2. The van der Waals surface area contributed by atoms with Crippen LogP contribution in [0, 0.1) is 5.82 Å². The lowest BCUT2D eigenvalue weighted by Crippen LogP contribution is -2.35. The van der Waals surface area contributed by atoms with Crippen LogP contribution >= 0.6 is 0 Å². The van der Waals surface area contributed by atoms with Crippen molar-refractivity contribution in [1.82, 2.24) is 0 Å². The Morgan fingerprint density at radius 3 is 2.88 bits per heavy atom. The second-order valence-electron chi connectivity index (χ2n) is 3.75. The van der Waals surface area contributed by atoms with Gasteiger partial charge in [0.1, 0.15) is 5.82 Å². The Balaban J connectivity index is 2.58. The zero-order valence-electron chi connectivity index (χ0n) is 8.61. The third-order valence-electron chi connectivity index (χ3n) is 2.78. The Hall–Kier alpha value is -1.91. The summed E-state index contributed by atoms with van der Waals surface area (Å²) in [7, 11) is 1.55. The average molecular weight is 223 g/mol. The van der Waals surface area contributed by atoms with Gasteiger partial charge in [0.2, 0.25) is 5.91 Å². The molecule has 0 saturated carbocycles. The first kappa shape index (κ1) is 10.6. The first-order valence-corrected chi connectivity index (χ1v) is 4.79. The van der Waals surface area contributed by atoms with Crippen molar-refractivity contribution in [1.29, 1.82) is 0 Å². The molecule has 1 aromatic carbocycles. The van der Waals surface area contributed by atoms with Crippen LogP contribution in [0.1, 0.15) is 17.9 Å². The molecule has 2 rings (SSSR count). The smallest absolute Gasteiger partial charge is 0.311 e. The highest BCUT2D eigenvalue weighted by molar-refractivity contribution is 6.01. The highest BCUT2D eigenvalue weighted by atomic mass is 19.1.